The van der Waals surface area contributed by atoms with Gasteiger partial charge in [0, 0.05) is 0 Å². The summed E-state index contributed by atoms with van der Waals surface area (Å²) >= 11 is 0. The molecule has 0 saturated carbocycles. The summed E-state index contributed by atoms with van der Waals surface area (Å²) in [7, 11) is 2.66. The predicted octanol–water partition coefficient (Wildman–Crippen LogP) is 1.29. The van der Waals surface area contributed by atoms with Gasteiger partial charge in [0.25, 0.3) is 0 Å². The van der Waals surface area contributed by atoms with Crippen molar-refractivity contribution in [1.29, 1.82) is 0 Å². The Labute approximate surface area is 44.2 Å². The molecule has 5 heteroatoms. The standard InChI is InChI=1S/C3H4F3O2/c1-7-2-8-3(4,5)6/h1-2H2. The third-order valence-corrected chi connectivity index (χ3v) is 0.306. The topological polar surface area (TPSA) is 18.5 Å². The Morgan fingerprint density at radius 3 is 2.00 bits per heavy atom. The molecule has 1 radical (unpaired) electrons. The minimum absolute atomic E-state index is 0.858. The van der Waals surface area contributed by atoms with E-state index >= 15 is 0 Å². The predicted molar refractivity (Wildman–Crippen MR) is 18.4 cm³/mol. The van der Waals surface area contributed by atoms with Gasteiger partial charge in [0.05, 0.1) is 7.11 Å². The Hall–Kier alpha value is -0.290. The lowest BCUT2D eigenvalue weighted by atomic mass is 11.2. The average Bonchev–Trinajstić information content (AvgIpc) is 1.59. The molecular weight excluding hydrogens is 125 g/mol. The zero-order valence-electron chi connectivity index (χ0n) is 3.86. The molecule has 0 amide bonds. The van der Waals surface area contributed by atoms with Gasteiger partial charge in [0.15, 0.2) is 6.79 Å². The highest BCUT2D eigenvalue weighted by Crippen LogP contribution is 2.15. The first-order valence-corrected chi connectivity index (χ1v) is 1.64. The summed E-state index contributed by atoms with van der Waals surface area (Å²) in [5.74, 6) is 0. The van der Waals surface area contributed by atoms with Crippen LogP contribution in [0.25, 0.3) is 0 Å². The van der Waals surface area contributed by atoms with Crippen molar-refractivity contribution in [3.05, 3.63) is 7.11 Å². The van der Waals surface area contributed by atoms with Gasteiger partial charge in [0.1, 0.15) is 0 Å². The van der Waals surface area contributed by atoms with Gasteiger partial charge in [-0.2, -0.15) is 0 Å². The summed E-state index contributed by atoms with van der Waals surface area (Å²) in [6.45, 7) is -0.858. The zero-order chi connectivity index (χ0) is 6.62. The Kier molecular flexibility index (Phi) is 2.78. The summed E-state index contributed by atoms with van der Waals surface area (Å²) in [6.07, 6.45) is -4.61. The molecule has 8 heavy (non-hydrogen) atoms. The highest BCUT2D eigenvalue weighted by atomic mass is 19.4. The molecule has 0 bridgehead atoms. The van der Waals surface area contributed by atoms with Crippen LogP contribution in [0.1, 0.15) is 0 Å². The van der Waals surface area contributed by atoms with Gasteiger partial charge in [-0.05, 0) is 0 Å². The molecule has 0 fully saturated rings. The van der Waals surface area contributed by atoms with Crippen LogP contribution in [0.15, 0.2) is 0 Å². The van der Waals surface area contributed by atoms with Crippen LogP contribution in [0.3, 0.4) is 0 Å². The second-order valence-electron chi connectivity index (χ2n) is 0.912. The van der Waals surface area contributed by atoms with E-state index < -0.39 is 13.2 Å². The third kappa shape index (κ3) is 5.71. The fourth-order valence-electron chi connectivity index (χ4n) is 0.108. The molecule has 0 N–H and O–H groups in total. The average molecular weight is 129 g/mol. The van der Waals surface area contributed by atoms with Crippen LogP contribution in [0, 0.1) is 7.11 Å². The number of rotatable bonds is 2. The number of hydrogen-bond acceptors (Lipinski definition) is 2. The van der Waals surface area contributed by atoms with E-state index in [0.717, 1.165) is 0 Å². The van der Waals surface area contributed by atoms with E-state index in [4.69, 9.17) is 0 Å². The van der Waals surface area contributed by atoms with Gasteiger partial charge in [-0.25, -0.2) is 0 Å². The van der Waals surface area contributed by atoms with Crippen LogP contribution >= 0.6 is 0 Å². The first-order chi connectivity index (χ1) is 3.56. The molecule has 0 heterocycles. The Morgan fingerprint density at radius 2 is 1.88 bits per heavy atom. The minimum atomic E-state index is -4.61. The SMILES string of the molecule is [CH2]OCOC(F)(F)F. The summed E-state index contributed by atoms with van der Waals surface area (Å²) in [5, 5.41) is 0. The third-order valence-electron chi connectivity index (χ3n) is 0.306. The van der Waals surface area contributed by atoms with E-state index in [0.29, 0.717) is 0 Å². The molecule has 0 unspecified atom stereocenters. The van der Waals surface area contributed by atoms with E-state index in [2.05, 4.69) is 16.6 Å². The van der Waals surface area contributed by atoms with Crippen molar-refractivity contribution in [2.24, 2.45) is 0 Å². The normalized spacial score (nSPS) is 12.0. The van der Waals surface area contributed by atoms with Gasteiger partial charge < -0.3 is 4.74 Å². The lowest BCUT2D eigenvalue weighted by Gasteiger charge is -2.03. The molecule has 0 aromatic rings. The second-order valence-corrected chi connectivity index (χ2v) is 0.912. The molecule has 0 saturated heterocycles. The van der Waals surface area contributed by atoms with E-state index in [1.807, 2.05) is 0 Å². The molecule has 0 aliphatic heterocycles. The summed E-state index contributed by atoms with van der Waals surface area (Å²) in [5.41, 5.74) is 0. The first kappa shape index (κ1) is 7.71. The van der Waals surface area contributed by atoms with Gasteiger partial charge in [-0.15, -0.1) is 13.2 Å². The fourth-order valence-corrected chi connectivity index (χ4v) is 0.108. The van der Waals surface area contributed by atoms with Crippen molar-refractivity contribution in [2.45, 2.75) is 6.36 Å². The molecule has 0 aromatic carbocycles. The van der Waals surface area contributed by atoms with Crippen LogP contribution in [-0.4, -0.2) is 13.2 Å². The number of hydrogen-bond donors (Lipinski definition) is 0. The molecule has 0 atom stereocenters. The maximum Gasteiger partial charge on any atom is 0.524 e. The van der Waals surface area contributed by atoms with E-state index in [9.17, 15) is 13.2 Å². The van der Waals surface area contributed by atoms with Crippen LogP contribution < -0.4 is 0 Å². The minimum Gasteiger partial charge on any atom is -0.353 e. The van der Waals surface area contributed by atoms with Gasteiger partial charge in [-0.3, -0.25) is 4.74 Å². The summed E-state index contributed by atoms with van der Waals surface area (Å²) < 4.78 is 39.6. The fraction of sp³-hybridized carbons (Fsp3) is 0.667. The molecular formula is C3H4F3O2. The quantitative estimate of drug-likeness (QED) is 0.523. The first-order valence-electron chi connectivity index (χ1n) is 1.64. The molecule has 0 aliphatic rings. The van der Waals surface area contributed by atoms with Gasteiger partial charge >= 0.3 is 6.36 Å². The maximum atomic E-state index is 10.9. The van der Waals surface area contributed by atoms with Crippen molar-refractivity contribution in [2.75, 3.05) is 6.79 Å². The zero-order valence-corrected chi connectivity index (χ0v) is 3.86. The number of ether oxygens (including phenoxy) is 2. The van der Waals surface area contributed by atoms with E-state index in [-0.39, 0.29) is 0 Å². The Bertz CT molecular complexity index is 60.0. The maximum absolute atomic E-state index is 10.9. The van der Waals surface area contributed by atoms with Crippen LogP contribution in [-0.2, 0) is 9.47 Å². The van der Waals surface area contributed by atoms with Crippen LogP contribution in [0.4, 0.5) is 13.2 Å². The molecule has 49 valence electrons. The largest absolute Gasteiger partial charge is 0.524 e. The van der Waals surface area contributed by atoms with Crippen molar-refractivity contribution in [1.82, 2.24) is 0 Å². The highest BCUT2D eigenvalue weighted by molar-refractivity contribution is 4.19. The smallest absolute Gasteiger partial charge is 0.353 e. The molecule has 0 spiro atoms. The van der Waals surface area contributed by atoms with Gasteiger partial charge in [-0.1, -0.05) is 0 Å². The van der Waals surface area contributed by atoms with Gasteiger partial charge in [0.2, 0.25) is 0 Å². The monoisotopic (exact) mass is 129 g/mol. The second kappa shape index (κ2) is 2.88. The van der Waals surface area contributed by atoms with Crippen molar-refractivity contribution in [3.63, 3.8) is 0 Å². The summed E-state index contributed by atoms with van der Waals surface area (Å²) in [6, 6.07) is 0. The van der Waals surface area contributed by atoms with E-state index in [1.165, 1.54) is 0 Å². The highest BCUT2D eigenvalue weighted by Gasteiger charge is 2.28. The molecule has 2 nitrogen and oxygen atoms in total. The summed E-state index contributed by atoms with van der Waals surface area (Å²) in [4.78, 5) is 0. The Morgan fingerprint density at radius 1 is 1.38 bits per heavy atom. The Balaban J connectivity index is 3.11. The number of halogens is 3. The van der Waals surface area contributed by atoms with Crippen molar-refractivity contribution < 1.29 is 22.6 Å². The molecule has 0 aliphatic carbocycles. The van der Waals surface area contributed by atoms with E-state index in [1.54, 1.807) is 0 Å². The molecule has 0 aromatic heterocycles. The van der Waals surface area contributed by atoms with Crippen molar-refractivity contribution >= 4 is 0 Å². The number of alkyl halides is 3. The molecule has 0 rings (SSSR count). The van der Waals surface area contributed by atoms with Crippen LogP contribution in [0.5, 0.6) is 0 Å². The lowest BCUT2D eigenvalue weighted by molar-refractivity contribution is -0.345. The van der Waals surface area contributed by atoms with Crippen LogP contribution in [0.2, 0.25) is 0 Å². The lowest BCUT2D eigenvalue weighted by Crippen LogP contribution is -2.14. The van der Waals surface area contributed by atoms with Crippen molar-refractivity contribution in [3.8, 4) is 0 Å².